The second-order valence-corrected chi connectivity index (χ2v) is 6.65. The summed E-state index contributed by atoms with van der Waals surface area (Å²) in [6.07, 6.45) is 4.12. The number of hydrogen-bond acceptors (Lipinski definition) is 3. The van der Waals surface area contributed by atoms with Crippen LogP contribution in [0.15, 0.2) is 24.3 Å². The highest BCUT2D eigenvalue weighted by molar-refractivity contribution is 5.81. The molecule has 1 aliphatic heterocycles. The van der Waals surface area contributed by atoms with E-state index in [-0.39, 0.29) is 11.8 Å². The van der Waals surface area contributed by atoms with E-state index in [2.05, 4.69) is 0 Å². The predicted molar refractivity (Wildman–Crippen MR) is 91.8 cm³/mol. The molecule has 24 heavy (non-hydrogen) atoms. The van der Waals surface area contributed by atoms with Crippen molar-refractivity contribution in [2.24, 2.45) is 5.92 Å². The lowest BCUT2D eigenvalue weighted by Gasteiger charge is -2.22. The van der Waals surface area contributed by atoms with Crippen LogP contribution in [0.1, 0.15) is 31.2 Å². The molecular weight excluding hydrogens is 304 g/mol. The standard InChI is InChI=1S/C19H26N2O3/c1-24-17-6-3-2-5-15(17)9-10-18(22)20-11-4-12-21(14-13-20)19(23)16-7-8-16/h2-3,5-6,16H,4,7-14H2,1H3. The fraction of sp³-hybridized carbons (Fsp3) is 0.579. The highest BCUT2D eigenvalue weighted by Gasteiger charge is 2.34. The Morgan fingerprint density at radius 1 is 1.08 bits per heavy atom. The molecule has 0 bridgehead atoms. The normalized spacial score (nSPS) is 18.2. The number of ether oxygens (including phenoxy) is 1. The van der Waals surface area contributed by atoms with E-state index in [1.54, 1.807) is 7.11 Å². The minimum atomic E-state index is 0.168. The molecule has 0 unspecified atom stereocenters. The van der Waals surface area contributed by atoms with Crippen LogP contribution in [-0.2, 0) is 16.0 Å². The Morgan fingerprint density at radius 3 is 2.54 bits per heavy atom. The number of amides is 2. The molecule has 0 atom stereocenters. The smallest absolute Gasteiger partial charge is 0.225 e. The van der Waals surface area contributed by atoms with E-state index in [0.29, 0.717) is 31.8 Å². The van der Waals surface area contributed by atoms with E-state index in [0.717, 1.165) is 43.7 Å². The summed E-state index contributed by atoms with van der Waals surface area (Å²) in [5.74, 6) is 1.56. The van der Waals surface area contributed by atoms with Crippen LogP contribution in [0.2, 0.25) is 0 Å². The molecule has 0 aromatic heterocycles. The molecule has 5 heteroatoms. The molecule has 3 rings (SSSR count). The van der Waals surface area contributed by atoms with Gasteiger partial charge in [-0.25, -0.2) is 0 Å². The molecule has 2 fully saturated rings. The zero-order chi connectivity index (χ0) is 16.9. The largest absolute Gasteiger partial charge is 0.496 e. The van der Waals surface area contributed by atoms with Crippen LogP contribution < -0.4 is 4.74 Å². The van der Waals surface area contributed by atoms with E-state index in [4.69, 9.17) is 4.74 Å². The van der Waals surface area contributed by atoms with Crippen LogP contribution in [0.3, 0.4) is 0 Å². The van der Waals surface area contributed by atoms with Gasteiger partial charge in [-0.1, -0.05) is 18.2 Å². The average Bonchev–Trinajstić information content (AvgIpc) is 3.45. The van der Waals surface area contributed by atoms with Crippen LogP contribution >= 0.6 is 0 Å². The fourth-order valence-electron chi connectivity index (χ4n) is 3.28. The van der Waals surface area contributed by atoms with Crippen LogP contribution in [0, 0.1) is 5.92 Å². The number of carbonyl (C=O) groups is 2. The Labute approximate surface area is 143 Å². The number of rotatable bonds is 5. The number of benzene rings is 1. The number of methoxy groups -OCH3 is 1. The molecular formula is C19H26N2O3. The minimum absolute atomic E-state index is 0.168. The Morgan fingerprint density at radius 2 is 1.79 bits per heavy atom. The minimum Gasteiger partial charge on any atom is -0.496 e. The summed E-state index contributed by atoms with van der Waals surface area (Å²) in [5, 5.41) is 0. The monoisotopic (exact) mass is 330 g/mol. The second-order valence-electron chi connectivity index (χ2n) is 6.65. The maximum absolute atomic E-state index is 12.5. The first-order valence-electron chi connectivity index (χ1n) is 8.87. The number of para-hydroxylation sites is 1. The van der Waals surface area contributed by atoms with Crippen molar-refractivity contribution in [1.29, 1.82) is 0 Å². The highest BCUT2D eigenvalue weighted by atomic mass is 16.5. The quantitative estimate of drug-likeness (QED) is 0.831. The van der Waals surface area contributed by atoms with Gasteiger partial charge in [0.15, 0.2) is 0 Å². The van der Waals surface area contributed by atoms with Crippen molar-refractivity contribution in [1.82, 2.24) is 9.80 Å². The van der Waals surface area contributed by atoms with Crippen LogP contribution in [0.25, 0.3) is 0 Å². The second kappa shape index (κ2) is 7.69. The van der Waals surface area contributed by atoms with Crippen LogP contribution in [0.4, 0.5) is 0 Å². The van der Waals surface area contributed by atoms with Crippen molar-refractivity contribution in [2.45, 2.75) is 32.1 Å². The SMILES string of the molecule is COc1ccccc1CCC(=O)N1CCCN(C(=O)C2CC2)CC1. The first-order valence-corrected chi connectivity index (χ1v) is 8.87. The fourth-order valence-corrected chi connectivity index (χ4v) is 3.28. The third-order valence-electron chi connectivity index (χ3n) is 4.89. The summed E-state index contributed by atoms with van der Waals surface area (Å²) >= 11 is 0. The highest BCUT2D eigenvalue weighted by Crippen LogP contribution is 2.31. The van der Waals surface area contributed by atoms with E-state index in [9.17, 15) is 9.59 Å². The molecule has 1 aromatic carbocycles. The molecule has 1 heterocycles. The van der Waals surface area contributed by atoms with Gasteiger partial charge >= 0.3 is 0 Å². The van der Waals surface area contributed by atoms with Gasteiger partial charge in [0.2, 0.25) is 11.8 Å². The van der Waals surface area contributed by atoms with Crippen molar-refractivity contribution in [3.63, 3.8) is 0 Å². The lowest BCUT2D eigenvalue weighted by atomic mass is 10.1. The Bertz CT molecular complexity index is 598. The topological polar surface area (TPSA) is 49.9 Å². The molecule has 1 aliphatic carbocycles. The summed E-state index contributed by atoms with van der Waals surface area (Å²) in [6, 6.07) is 7.83. The summed E-state index contributed by atoms with van der Waals surface area (Å²) in [5.41, 5.74) is 1.06. The molecule has 1 aromatic rings. The number of carbonyl (C=O) groups excluding carboxylic acids is 2. The molecule has 5 nitrogen and oxygen atoms in total. The van der Waals surface area contributed by atoms with Gasteiger partial charge in [-0.05, 0) is 37.3 Å². The van der Waals surface area contributed by atoms with Crippen molar-refractivity contribution >= 4 is 11.8 Å². The molecule has 0 spiro atoms. The van der Waals surface area contributed by atoms with Gasteiger partial charge in [-0.3, -0.25) is 9.59 Å². The van der Waals surface area contributed by atoms with E-state index < -0.39 is 0 Å². The Hall–Kier alpha value is -2.04. The zero-order valence-electron chi connectivity index (χ0n) is 14.4. The van der Waals surface area contributed by atoms with Gasteiger partial charge in [0.1, 0.15) is 5.75 Å². The molecule has 0 N–H and O–H groups in total. The summed E-state index contributed by atoms with van der Waals surface area (Å²) in [6.45, 7) is 2.86. The van der Waals surface area contributed by atoms with Gasteiger partial charge < -0.3 is 14.5 Å². The van der Waals surface area contributed by atoms with E-state index in [1.807, 2.05) is 34.1 Å². The van der Waals surface area contributed by atoms with Gasteiger partial charge in [0.05, 0.1) is 7.11 Å². The van der Waals surface area contributed by atoms with E-state index >= 15 is 0 Å². The lowest BCUT2D eigenvalue weighted by Crippen LogP contribution is -2.38. The molecule has 1 saturated carbocycles. The summed E-state index contributed by atoms with van der Waals surface area (Å²) < 4.78 is 5.34. The number of nitrogens with zero attached hydrogens (tertiary/aromatic N) is 2. The van der Waals surface area contributed by atoms with Crippen molar-refractivity contribution < 1.29 is 14.3 Å². The van der Waals surface area contributed by atoms with Crippen molar-refractivity contribution in [2.75, 3.05) is 33.3 Å². The molecule has 2 amide bonds. The van der Waals surface area contributed by atoms with Gasteiger partial charge in [-0.2, -0.15) is 0 Å². The van der Waals surface area contributed by atoms with Gasteiger partial charge in [0, 0.05) is 38.5 Å². The zero-order valence-corrected chi connectivity index (χ0v) is 14.4. The Kier molecular flexibility index (Phi) is 5.38. The van der Waals surface area contributed by atoms with E-state index in [1.165, 1.54) is 0 Å². The maximum atomic E-state index is 12.5. The lowest BCUT2D eigenvalue weighted by molar-refractivity contribution is -0.134. The third-order valence-corrected chi connectivity index (χ3v) is 4.89. The Balaban J connectivity index is 1.50. The molecule has 2 aliphatic rings. The van der Waals surface area contributed by atoms with Crippen LogP contribution in [-0.4, -0.2) is 54.9 Å². The average molecular weight is 330 g/mol. The van der Waals surface area contributed by atoms with Gasteiger partial charge in [-0.15, -0.1) is 0 Å². The predicted octanol–water partition coefficient (Wildman–Crippen LogP) is 2.10. The maximum Gasteiger partial charge on any atom is 0.225 e. The molecule has 1 saturated heterocycles. The summed E-state index contributed by atoms with van der Waals surface area (Å²) in [7, 11) is 1.65. The van der Waals surface area contributed by atoms with Crippen molar-refractivity contribution in [3.8, 4) is 5.75 Å². The van der Waals surface area contributed by atoms with Gasteiger partial charge in [0.25, 0.3) is 0 Å². The summed E-state index contributed by atoms with van der Waals surface area (Å²) in [4.78, 5) is 28.6. The van der Waals surface area contributed by atoms with Crippen LogP contribution in [0.5, 0.6) is 5.75 Å². The molecule has 130 valence electrons. The first kappa shape index (κ1) is 16.8. The molecule has 0 radical (unpaired) electrons. The third kappa shape index (κ3) is 4.08. The number of hydrogen-bond donors (Lipinski definition) is 0. The number of aryl methyl sites for hydroxylation is 1. The first-order chi connectivity index (χ1) is 11.7. The van der Waals surface area contributed by atoms with Crippen molar-refractivity contribution in [3.05, 3.63) is 29.8 Å².